The summed E-state index contributed by atoms with van der Waals surface area (Å²) in [6, 6.07) is 9.12. The Morgan fingerprint density at radius 1 is 1.13 bits per heavy atom. The maximum absolute atomic E-state index is 12.4. The molecule has 1 aromatic rings. The lowest BCUT2D eigenvalue weighted by molar-refractivity contribution is -0.144. The van der Waals surface area contributed by atoms with Gasteiger partial charge in [0.1, 0.15) is 6.61 Å². The van der Waals surface area contributed by atoms with Crippen LogP contribution in [0.3, 0.4) is 0 Å². The third-order valence-electron chi connectivity index (χ3n) is 4.62. The molecule has 0 saturated heterocycles. The SMILES string of the molecule is C=CCCCC(=O)OCCNC(=O)[C@H](CC=C)CC(=O)N[C@@H](CO)Cc1ccccc1. The minimum Gasteiger partial charge on any atom is -0.464 e. The number of ether oxygens (including phenoxy) is 1. The van der Waals surface area contributed by atoms with Gasteiger partial charge in [-0.1, -0.05) is 42.5 Å². The van der Waals surface area contributed by atoms with Gasteiger partial charge in [-0.2, -0.15) is 0 Å². The predicted molar refractivity (Wildman–Crippen MR) is 120 cm³/mol. The smallest absolute Gasteiger partial charge is 0.305 e. The van der Waals surface area contributed by atoms with Crippen molar-refractivity contribution in [2.45, 2.75) is 44.6 Å². The molecule has 0 aliphatic carbocycles. The number of allylic oxidation sites excluding steroid dienone is 2. The molecule has 1 aromatic carbocycles. The summed E-state index contributed by atoms with van der Waals surface area (Å²) in [4.78, 5) is 36.4. The van der Waals surface area contributed by atoms with Crippen molar-refractivity contribution >= 4 is 17.8 Å². The van der Waals surface area contributed by atoms with E-state index >= 15 is 0 Å². The van der Waals surface area contributed by atoms with E-state index in [2.05, 4.69) is 23.8 Å². The molecule has 31 heavy (non-hydrogen) atoms. The number of hydrogen-bond donors (Lipinski definition) is 3. The monoisotopic (exact) mass is 430 g/mol. The zero-order valence-electron chi connectivity index (χ0n) is 18.1. The number of hydrogen-bond acceptors (Lipinski definition) is 5. The first kappa shape index (κ1) is 26.1. The zero-order chi connectivity index (χ0) is 22.9. The van der Waals surface area contributed by atoms with Gasteiger partial charge >= 0.3 is 5.97 Å². The second kappa shape index (κ2) is 15.8. The molecule has 0 heterocycles. The zero-order valence-corrected chi connectivity index (χ0v) is 18.1. The van der Waals surface area contributed by atoms with Gasteiger partial charge < -0.3 is 20.5 Å². The number of esters is 1. The first-order valence-corrected chi connectivity index (χ1v) is 10.6. The van der Waals surface area contributed by atoms with Gasteiger partial charge in [-0.3, -0.25) is 14.4 Å². The van der Waals surface area contributed by atoms with Crippen LogP contribution in [0.5, 0.6) is 0 Å². The van der Waals surface area contributed by atoms with Crippen LogP contribution >= 0.6 is 0 Å². The summed E-state index contributed by atoms with van der Waals surface area (Å²) in [5, 5.41) is 15.1. The minimum absolute atomic E-state index is 0.0233. The maximum Gasteiger partial charge on any atom is 0.305 e. The number of aliphatic hydroxyl groups excluding tert-OH is 1. The Balaban J connectivity index is 2.42. The molecule has 0 spiro atoms. The van der Waals surface area contributed by atoms with E-state index in [9.17, 15) is 19.5 Å². The maximum atomic E-state index is 12.4. The van der Waals surface area contributed by atoms with E-state index < -0.39 is 12.0 Å². The molecule has 3 N–H and O–H groups in total. The highest BCUT2D eigenvalue weighted by Crippen LogP contribution is 2.11. The standard InChI is InChI=1S/C24H34N2O5/c1-3-5-7-13-23(29)31-15-14-25-24(30)20(10-4-2)17-22(28)26-21(18-27)16-19-11-8-6-9-12-19/h3-4,6,8-9,11-12,20-21,27H,1-2,5,7,10,13-18H2,(H,25,30)(H,26,28)/t20-,21-/m1/s1. The Bertz CT molecular complexity index is 705. The van der Waals surface area contributed by atoms with Gasteiger partial charge in [-0.05, 0) is 31.2 Å². The van der Waals surface area contributed by atoms with Crippen LogP contribution in [0.4, 0.5) is 0 Å². The van der Waals surface area contributed by atoms with Crippen LogP contribution in [0, 0.1) is 5.92 Å². The van der Waals surface area contributed by atoms with Gasteiger partial charge in [-0.15, -0.1) is 13.2 Å². The Labute approximate surface area is 184 Å². The summed E-state index contributed by atoms with van der Waals surface area (Å²) in [6.45, 7) is 7.30. The highest BCUT2D eigenvalue weighted by Gasteiger charge is 2.22. The number of rotatable bonds is 16. The van der Waals surface area contributed by atoms with E-state index in [1.54, 1.807) is 12.2 Å². The molecule has 7 heteroatoms. The highest BCUT2D eigenvalue weighted by molar-refractivity contribution is 5.86. The van der Waals surface area contributed by atoms with Crippen LogP contribution in [-0.4, -0.2) is 48.7 Å². The third-order valence-corrected chi connectivity index (χ3v) is 4.62. The lowest BCUT2D eigenvalue weighted by Gasteiger charge is -2.19. The summed E-state index contributed by atoms with van der Waals surface area (Å²) in [5.74, 6) is -1.52. The van der Waals surface area contributed by atoms with Crippen LogP contribution in [0.15, 0.2) is 55.6 Å². The van der Waals surface area contributed by atoms with E-state index in [0.29, 0.717) is 25.7 Å². The molecule has 170 valence electrons. The normalized spacial score (nSPS) is 12.3. The number of carbonyl (C=O) groups is 3. The molecule has 0 unspecified atom stereocenters. The number of carbonyl (C=O) groups excluding carboxylic acids is 3. The van der Waals surface area contributed by atoms with Crippen molar-refractivity contribution in [3.63, 3.8) is 0 Å². The molecular formula is C24H34N2O5. The average Bonchev–Trinajstić information content (AvgIpc) is 2.76. The molecule has 2 atom stereocenters. The third kappa shape index (κ3) is 11.7. The molecular weight excluding hydrogens is 396 g/mol. The van der Waals surface area contributed by atoms with Crippen molar-refractivity contribution in [3.05, 3.63) is 61.2 Å². The fourth-order valence-corrected chi connectivity index (χ4v) is 3.00. The molecule has 0 fully saturated rings. The van der Waals surface area contributed by atoms with Gasteiger partial charge in [0.05, 0.1) is 25.1 Å². The van der Waals surface area contributed by atoms with E-state index in [0.717, 1.165) is 12.0 Å². The van der Waals surface area contributed by atoms with Crippen molar-refractivity contribution in [1.82, 2.24) is 10.6 Å². The van der Waals surface area contributed by atoms with Crippen LogP contribution in [0.2, 0.25) is 0 Å². The molecule has 7 nitrogen and oxygen atoms in total. The molecule has 0 aliphatic heterocycles. The van der Waals surface area contributed by atoms with Gasteiger partial charge in [0.2, 0.25) is 11.8 Å². The largest absolute Gasteiger partial charge is 0.464 e. The first-order chi connectivity index (χ1) is 15.0. The van der Waals surface area contributed by atoms with E-state index in [1.807, 2.05) is 30.3 Å². The molecule has 0 aromatic heterocycles. The van der Waals surface area contributed by atoms with Crippen molar-refractivity contribution < 1.29 is 24.2 Å². The van der Waals surface area contributed by atoms with Crippen LogP contribution in [0.1, 0.15) is 37.7 Å². The number of benzene rings is 1. The fraction of sp³-hybridized carbons (Fsp3) is 0.458. The van der Waals surface area contributed by atoms with Crippen LogP contribution in [0.25, 0.3) is 0 Å². The van der Waals surface area contributed by atoms with Gasteiger partial charge in [-0.25, -0.2) is 0 Å². The van der Waals surface area contributed by atoms with Crippen molar-refractivity contribution in [2.24, 2.45) is 5.92 Å². The van der Waals surface area contributed by atoms with E-state index in [4.69, 9.17) is 4.74 Å². The highest BCUT2D eigenvalue weighted by atomic mass is 16.5. The molecule has 0 aliphatic rings. The average molecular weight is 431 g/mol. The molecule has 1 rings (SSSR count). The summed E-state index contributed by atoms with van der Waals surface area (Å²) in [6.07, 6.45) is 5.89. The molecule has 2 amide bonds. The van der Waals surface area contributed by atoms with Crippen molar-refractivity contribution in [2.75, 3.05) is 19.8 Å². The summed E-state index contributed by atoms with van der Waals surface area (Å²) in [5.41, 5.74) is 1.00. The van der Waals surface area contributed by atoms with Crippen molar-refractivity contribution in [1.29, 1.82) is 0 Å². The minimum atomic E-state index is -0.586. The molecule has 0 radical (unpaired) electrons. The van der Waals surface area contributed by atoms with Crippen LogP contribution < -0.4 is 10.6 Å². The Kier molecular flexibility index (Phi) is 13.3. The predicted octanol–water partition coefficient (Wildman–Crippen LogP) is 2.30. The first-order valence-electron chi connectivity index (χ1n) is 10.6. The number of nitrogens with one attached hydrogen (secondary N) is 2. The summed E-state index contributed by atoms with van der Waals surface area (Å²) >= 11 is 0. The number of unbranched alkanes of at least 4 members (excludes halogenated alkanes) is 1. The Hall–Kier alpha value is -2.93. The summed E-state index contributed by atoms with van der Waals surface area (Å²) in [7, 11) is 0. The Morgan fingerprint density at radius 2 is 1.87 bits per heavy atom. The quantitative estimate of drug-likeness (QED) is 0.212. The summed E-state index contributed by atoms with van der Waals surface area (Å²) < 4.78 is 5.07. The topological polar surface area (TPSA) is 105 Å². The van der Waals surface area contributed by atoms with Gasteiger partial charge in [0, 0.05) is 12.8 Å². The second-order valence-electron chi connectivity index (χ2n) is 7.25. The number of amides is 2. The van der Waals surface area contributed by atoms with E-state index in [-0.39, 0.29) is 44.0 Å². The fourth-order valence-electron chi connectivity index (χ4n) is 3.00. The van der Waals surface area contributed by atoms with Crippen LogP contribution in [-0.2, 0) is 25.5 Å². The van der Waals surface area contributed by atoms with Gasteiger partial charge in [0.25, 0.3) is 0 Å². The lowest BCUT2D eigenvalue weighted by Crippen LogP contribution is -2.42. The number of aliphatic hydroxyl groups is 1. The Morgan fingerprint density at radius 3 is 2.52 bits per heavy atom. The van der Waals surface area contributed by atoms with E-state index in [1.165, 1.54) is 0 Å². The molecule has 0 saturated carbocycles. The van der Waals surface area contributed by atoms with Crippen molar-refractivity contribution in [3.8, 4) is 0 Å². The molecule has 0 bridgehead atoms. The lowest BCUT2D eigenvalue weighted by atomic mass is 9.99. The second-order valence-corrected chi connectivity index (χ2v) is 7.25. The van der Waals surface area contributed by atoms with Gasteiger partial charge in [0.15, 0.2) is 0 Å².